The van der Waals surface area contributed by atoms with Crippen LogP contribution in [0.2, 0.25) is 0 Å². The Balaban J connectivity index is 1.47. The molecule has 3 amide bonds. The van der Waals surface area contributed by atoms with Crippen LogP contribution in [0.3, 0.4) is 0 Å². The largest absolute Gasteiger partial charge is 0.361 e. The highest BCUT2D eigenvalue weighted by molar-refractivity contribution is 6.02. The molecular formula is C23H30N8O5. The number of amides is 3. The normalized spacial score (nSPS) is 30.5. The Labute approximate surface area is 207 Å². The number of hydrogen-bond acceptors (Lipinski definition) is 7. The molecule has 0 radical (unpaired) electrons. The van der Waals surface area contributed by atoms with Crippen LogP contribution < -0.4 is 21.3 Å². The van der Waals surface area contributed by atoms with Crippen LogP contribution in [0.5, 0.6) is 0 Å². The van der Waals surface area contributed by atoms with Crippen LogP contribution >= 0.6 is 0 Å². The van der Waals surface area contributed by atoms with Gasteiger partial charge in [-0.1, -0.05) is 19.1 Å². The topological polar surface area (TPSA) is 194 Å². The van der Waals surface area contributed by atoms with E-state index in [2.05, 4.69) is 21.3 Å². The van der Waals surface area contributed by atoms with E-state index in [9.17, 15) is 24.6 Å². The molecule has 0 saturated carbocycles. The number of carbonyl (C=O) groups excluding carboxylic acids is 3. The third-order valence-electron chi connectivity index (χ3n) is 7.75. The molecule has 13 nitrogen and oxygen atoms in total. The quantitative estimate of drug-likeness (QED) is 0.166. The maximum absolute atomic E-state index is 13.2. The van der Waals surface area contributed by atoms with Crippen LogP contribution in [0, 0.1) is 17.7 Å². The Morgan fingerprint density at radius 3 is 2.56 bits per heavy atom. The number of carbonyl (C=O) groups is 3. The molecule has 1 aromatic carbocycles. The van der Waals surface area contributed by atoms with Crippen molar-refractivity contribution >= 4 is 29.6 Å². The molecule has 4 heterocycles. The summed E-state index contributed by atoms with van der Waals surface area (Å²) in [5, 5.41) is 51.2. The lowest BCUT2D eigenvalue weighted by molar-refractivity contribution is -0.232. The molecule has 5 rings (SSSR count). The predicted octanol–water partition coefficient (Wildman–Crippen LogP) is -2.10. The highest BCUT2D eigenvalue weighted by Crippen LogP contribution is 2.43. The molecule has 13 heteroatoms. The van der Waals surface area contributed by atoms with Gasteiger partial charge in [0, 0.05) is 24.9 Å². The summed E-state index contributed by atoms with van der Waals surface area (Å²) >= 11 is 0. The van der Waals surface area contributed by atoms with Crippen molar-refractivity contribution in [3.05, 3.63) is 34.9 Å². The van der Waals surface area contributed by atoms with E-state index in [0.717, 1.165) is 16.0 Å². The molecule has 1 spiro atoms. The van der Waals surface area contributed by atoms with Gasteiger partial charge < -0.3 is 36.4 Å². The van der Waals surface area contributed by atoms with Crippen LogP contribution in [0.15, 0.2) is 18.2 Å². The highest BCUT2D eigenvalue weighted by atomic mass is 16.5. The molecule has 2 unspecified atom stereocenters. The van der Waals surface area contributed by atoms with Gasteiger partial charge in [-0.25, -0.2) is 0 Å². The van der Waals surface area contributed by atoms with Crippen LogP contribution in [0.4, 0.5) is 0 Å². The lowest BCUT2D eigenvalue weighted by atomic mass is 9.84. The summed E-state index contributed by atoms with van der Waals surface area (Å²) in [6.07, 6.45) is 0.820. The summed E-state index contributed by atoms with van der Waals surface area (Å²) in [5.74, 6) is -4.19. The maximum atomic E-state index is 13.2. The second-order valence-corrected chi connectivity index (χ2v) is 9.70. The molecule has 4 fully saturated rings. The van der Waals surface area contributed by atoms with Gasteiger partial charge in [-0.2, -0.15) is 0 Å². The molecule has 8 N–H and O–H groups in total. The van der Waals surface area contributed by atoms with Crippen molar-refractivity contribution in [3.63, 3.8) is 0 Å². The monoisotopic (exact) mass is 498 g/mol. The van der Waals surface area contributed by atoms with Crippen molar-refractivity contribution in [2.45, 2.75) is 62.7 Å². The standard InChI is InChI=1S/C23H30N8O5/c1-3-12-11(2)5-4-6-13(12)19(34)27-15-10-31-21(25)26-14(9-30-16(32)7-8-17(30)33)18-22(31,23(15,35)36)29-20(24)28-18/h4-6,14-15,18,35-36H,3,7-10H2,1-2H3,(H2,25,26)(H,27,34)(H3,24,28,29)/t14-,15-,18?,22?/m0/s1. The molecule has 0 aromatic heterocycles. The van der Waals surface area contributed by atoms with Crippen molar-refractivity contribution in [3.8, 4) is 0 Å². The molecule has 0 aliphatic carbocycles. The van der Waals surface area contributed by atoms with Crippen molar-refractivity contribution in [1.29, 1.82) is 10.8 Å². The van der Waals surface area contributed by atoms with Gasteiger partial charge in [-0.15, -0.1) is 0 Å². The van der Waals surface area contributed by atoms with Gasteiger partial charge in [0.2, 0.25) is 17.6 Å². The first-order valence-electron chi connectivity index (χ1n) is 11.9. The number of imide groups is 1. The maximum Gasteiger partial charge on any atom is 0.252 e. The SMILES string of the molecule is CCc1c(C)cccc1C(=O)N[C@H]1CN2C(=N)N[C@@H](CN3C(=O)CCC3=O)C3NC(=N)NC32C1(O)O. The lowest BCUT2D eigenvalue weighted by Crippen LogP contribution is -2.81. The lowest BCUT2D eigenvalue weighted by Gasteiger charge is -2.51. The number of likely N-dealkylation sites (tertiary alicyclic amines) is 1. The number of nitrogens with zero attached hydrogens (tertiary/aromatic N) is 2. The number of hydrogen-bond donors (Lipinski definition) is 8. The molecule has 4 saturated heterocycles. The molecule has 0 bridgehead atoms. The van der Waals surface area contributed by atoms with Gasteiger partial charge in [0.1, 0.15) is 6.04 Å². The average molecular weight is 499 g/mol. The summed E-state index contributed by atoms with van der Waals surface area (Å²) in [5.41, 5.74) is 0.415. The zero-order valence-electron chi connectivity index (χ0n) is 20.0. The summed E-state index contributed by atoms with van der Waals surface area (Å²) < 4.78 is 0. The van der Waals surface area contributed by atoms with Crippen molar-refractivity contribution in [2.24, 2.45) is 0 Å². The van der Waals surface area contributed by atoms with Gasteiger partial charge in [0.05, 0.1) is 18.6 Å². The van der Waals surface area contributed by atoms with E-state index in [-0.39, 0.29) is 49.7 Å². The first-order valence-corrected chi connectivity index (χ1v) is 11.9. The molecule has 4 aliphatic rings. The third kappa shape index (κ3) is 3.26. The molecule has 1 aromatic rings. The van der Waals surface area contributed by atoms with E-state index >= 15 is 0 Å². The van der Waals surface area contributed by atoms with Crippen molar-refractivity contribution in [2.75, 3.05) is 13.1 Å². The summed E-state index contributed by atoms with van der Waals surface area (Å²) in [6, 6.07) is 2.38. The van der Waals surface area contributed by atoms with Gasteiger partial charge >= 0.3 is 0 Å². The van der Waals surface area contributed by atoms with Crippen LogP contribution in [0.1, 0.15) is 41.3 Å². The number of nitrogens with one attached hydrogen (secondary N) is 6. The van der Waals surface area contributed by atoms with Gasteiger partial charge in [-0.05, 0) is 30.5 Å². The zero-order valence-corrected chi connectivity index (χ0v) is 20.0. The molecule has 192 valence electrons. The number of guanidine groups is 2. The smallest absolute Gasteiger partial charge is 0.252 e. The number of aliphatic hydroxyl groups is 2. The zero-order chi connectivity index (χ0) is 26.0. The summed E-state index contributed by atoms with van der Waals surface area (Å²) in [4.78, 5) is 40.1. The van der Waals surface area contributed by atoms with Gasteiger partial charge in [0.15, 0.2) is 17.6 Å². The summed E-state index contributed by atoms with van der Waals surface area (Å²) in [7, 11) is 0. The van der Waals surface area contributed by atoms with Gasteiger partial charge in [-0.3, -0.25) is 30.1 Å². The van der Waals surface area contributed by atoms with E-state index in [1.54, 1.807) is 12.1 Å². The first-order chi connectivity index (χ1) is 17.0. The number of rotatable bonds is 5. The van der Waals surface area contributed by atoms with Crippen molar-refractivity contribution in [1.82, 2.24) is 31.1 Å². The third-order valence-corrected chi connectivity index (χ3v) is 7.75. The van der Waals surface area contributed by atoms with Gasteiger partial charge in [0.25, 0.3) is 5.91 Å². The molecule has 4 aliphatic heterocycles. The van der Waals surface area contributed by atoms with E-state index in [0.29, 0.717) is 12.0 Å². The van der Waals surface area contributed by atoms with E-state index in [1.807, 2.05) is 19.9 Å². The minimum Gasteiger partial charge on any atom is -0.361 e. The Morgan fingerprint density at radius 1 is 1.19 bits per heavy atom. The Kier molecular flexibility index (Phi) is 5.45. The minimum absolute atomic E-state index is 0.100. The molecule has 36 heavy (non-hydrogen) atoms. The molecule has 4 atom stereocenters. The second kappa shape index (κ2) is 8.17. The first kappa shape index (κ1) is 24.0. The Hall–Kier alpha value is -3.71. The van der Waals surface area contributed by atoms with E-state index in [4.69, 9.17) is 10.8 Å². The Morgan fingerprint density at radius 2 is 1.89 bits per heavy atom. The Bertz CT molecular complexity index is 1170. The molecular weight excluding hydrogens is 468 g/mol. The van der Waals surface area contributed by atoms with E-state index in [1.165, 1.54) is 4.90 Å². The minimum atomic E-state index is -2.63. The van der Waals surface area contributed by atoms with Crippen LogP contribution in [-0.4, -0.2) is 92.3 Å². The summed E-state index contributed by atoms with van der Waals surface area (Å²) in [6.45, 7) is 3.59. The predicted molar refractivity (Wildman–Crippen MR) is 127 cm³/mol. The number of benzene rings is 1. The van der Waals surface area contributed by atoms with E-state index < -0.39 is 35.5 Å². The number of aryl methyl sites for hydroxylation is 1. The average Bonchev–Trinajstić information content (AvgIpc) is 3.41. The second-order valence-electron chi connectivity index (χ2n) is 9.70. The fraction of sp³-hybridized carbons (Fsp3) is 0.522. The fourth-order valence-electron chi connectivity index (χ4n) is 5.98. The fourth-order valence-corrected chi connectivity index (χ4v) is 5.98. The van der Waals surface area contributed by atoms with Crippen LogP contribution in [0.25, 0.3) is 0 Å². The highest BCUT2D eigenvalue weighted by Gasteiger charge is 2.74. The van der Waals surface area contributed by atoms with Crippen molar-refractivity contribution < 1.29 is 24.6 Å². The van der Waals surface area contributed by atoms with Crippen LogP contribution in [-0.2, 0) is 16.0 Å².